The van der Waals surface area contributed by atoms with Crippen LogP contribution in [0.2, 0.25) is 0 Å². The summed E-state index contributed by atoms with van der Waals surface area (Å²) in [5.41, 5.74) is 1.25. The number of rotatable bonds is 6. The molecule has 2 aromatic heterocycles. The van der Waals surface area contributed by atoms with Gasteiger partial charge in [0.05, 0.1) is 0 Å². The van der Waals surface area contributed by atoms with Crippen molar-refractivity contribution in [2.24, 2.45) is 0 Å². The van der Waals surface area contributed by atoms with Gasteiger partial charge in [0, 0.05) is 27.8 Å². The van der Waals surface area contributed by atoms with Crippen molar-refractivity contribution in [1.82, 2.24) is 10.3 Å². The zero-order valence-electron chi connectivity index (χ0n) is 10.4. The molecule has 0 saturated heterocycles. The first-order chi connectivity index (χ1) is 8.79. The summed E-state index contributed by atoms with van der Waals surface area (Å²) in [6.07, 6.45) is 5.99. The van der Waals surface area contributed by atoms with E-state index in [2.05, 4.69) is 56.7 Å². The SMILES string of the molecule is CCNC(CCc1cccs1)c1cncc(Br)c1. The predicted molar refractivity (Wildman–Crippen MR) is 81.0 cm³/mol. The van der Waals surface area contributed by atoms with Crippen LogP contribution in [0.5, 0.6) is 0 Å². The minimum Gasteiger partial charge on any atom is -0.310 e. The zero-order chi connectivity index (χ0) is 12.8. The third kappa shape index (κ3) is 3.90. The molecule has 0 fully saturated rings. The average Bonchev–Trinajstić information content (AvgIpc) is 2.87. The molecule has 2 aromatic rings. The van der Waals surface area contributed by atoms with E-state index < -0.39 is 0 Å². The Morgan fingerprint density at radius 3 is 3.00 bits per heavy atom. The van der Waals surface area contributed by atoms with Crippen LogP contribution in [-0.2, 0) is 6.42 Å². The summed E-state index contributed by atoms with van der Waals surface area (Å²) in [7, 11) is 0. The van der Waals surface area contributed by atoms with E-state index in [4.69, 9.17) is 0 Å². The van der Waals surface area contributed by atoms with Crippen molar-refractivity contribution in [3.8, 4) is 0 Å². The van der Waals surface area contributed by atoms with Gasteiger partial charge in [0.25, 0.3) is 0 Å². The van der Waals surface area contributed by atoms with Crippen molar-refractivity contribution >= 4 is 27.3 Å². The molecule has 0 bridgehead atoms. The first-order valence-electron chi connectivity index (χ1n) is 6.16. The maximum atomic E-state index is 4.25. The normalized spacial score (nSPS) is 12.6. The summed E-state index contributed by atoms with van der Waals surface area (Å²) in [4.78, 5) is 5.69. The van der Waals surface area contributed by atoms with Crippen molar-refractivity contribution in [3.63, 3.8) is 0 Å². The highest BCUT2D eigenvalue weighted by Crippen LogP contribution is 2.22. The lowest BCUT2D eigenvalue weighted by atomic mass is 10.0. The van der Waals surface area contributed by atoms with Gasteiger partial charge < -0.3 is 5.32 Å². The molecule has 96 valence electrons. The highest BCUT2D eigenvalue weighted by Gasteiger charge is 2.11. The molecule has 0 aliphatic heterocycles. The third-order valence-electron chi connectivity index (χ3n) is 2.84. The Hall–Kier alpha value is -0.710. The van der Waals surface area contributed by atoms with Crippen LogP contribution in [0.4, 0.5) is 0 Å². The summed E-state index contributed by atoms with van der Waals surface area (Å²) >= 11 is 5.31. The number of halogens is 1. The van der Waals surface area contributed by atoms with Crippen LogP contribution in [0, 0.1) is 0 Å². The Morgan fingerprint density at radius 2 is 2.33 bits per heavy atom. The second-order valence-corrected chi connectivity index (χ2v) is 6.11. The molecule has 1 unspecified atom stereocenters. The lowest BCUT2D eigenvalue weighted by Gasteiger charge is -2.17. The molecular formula is C14H17BrN2S. The quantitative estimate of drug-likeness (QED) is 0.861. The Bertz CT molecular complexity index is 470. The van der Waals surface area contributed by atoms with E-state index in [0.29, 0.717) is 6.04 Å². The molecule has 2 nitrogen and oxygen atoms in total. The molecule has 0 spiro atoms. The van der Waals surface area contributed by atoms with Crippen molar-refractivity contribution < 1.29 is 0 Å². The molecule has 0 aromatic carbocycles. The van der Waals surface area contributed by atoms with Gasteiger partial charge in [-0.15, -0.1) is 11.3 Å². The molecule has 1 atom stereocenters. The fourth-order valence-electron chi connectivity index (χ4n) is 1.99. The van der Waals surface area contributed by atoms with Gasteiger partial charge in [-0.25, -0.2) is 0 Å². The highest BCUT2D eigenvalue weighted by molar-refractivity contribution is 9.10. The second-order valence-electron chi connectivity index (χ2n) is 4.16. The van der Waals surface area contributed by atoms with Gasteiger partial charge in [0.15, 0.2) is 0 Å². The maximum Gasteiger partial charge on any atom is 0.0410 e. The maximum absolute atomic E-state index is 4.25. The Labute approximate surface area is 121 Å². The number of pyridine rings is 1. The number of thiophene rings is 1. The molecule has 2 heterocycles. The minimum atomic E-state index is 0.377. The second kappa shape index (κ2) is 7.02. The molecule has 4 heteroatoms. The summed E-state index contributed by atoms with van der Waals surface area (Å²) in [6, 6.07) is 6.84. The fourth-order valence-corrected chi connectivity index (χ4v) is 3.10. The smallest absolute Gasteiger partial charge is 0.0410 e. The minimum absolute atomic E-state index is 0.377. The molecule has 0 aliphatic rings. The molecule has 0 radical (unpaired) electrons. The van der Waals surface area contributed by atoms with Crippen LogP contribution in [-0.4, -0.2) is 11.5 Å². The van der Waals surface area contributed by atoms with Crippen molar-refractivity contribution in [2.45, 2.75) is 25.8 Å². The molecular weight excluding hydrogens is 308 g/mol. The average molecular weight is 325 g/mol. The topological polar surface area (TPSA) is 24.9 Å². The third-order valence-corrected chi connectivity index (χ3v) is 4.21. The van der Waals surface area contributed by atoms with Gasteiger partial charge in [0.2, 0.25) is 0 Å². The molecule has 2 rings (SSSR count). The molecule has 0 aliphatic carbocycles. The van der Waals surface area contributed by atoms with E-state index in [-0.39, 0.29) is 0 Å². The van der Waals surface area contributed by atoms with E-state index in [1.807, 2.05) is 23.7 Å². The van der Waals surface area contributed by atoms with E-state index in [1.165, 1.54) is 10.4 Å². The van der Waals surface area contributed by atoms with Crippen LogP contribution >= 0.6 is 27.3 Å². The van der Waals surface area contributed by atoms with Crippen LogP contribution in [0.1, 0.15) is 29.8 Å². The van der Waals surface area contributed by atoms with Crippen molar-refractivity contribution in [3.05, 3.63) is 50.9 Å². The molecule has 1 N–H and O–H groups in total. The van der Waals surface area contributed by atoms with Crippen LogP contribution < -0.4 is 5.32 Å². The summed E-state index contributed by atoms with van der Waals surface area (Å²) in [6.45, 7) is 3.12. The van der Waals surface area contributed by atoms with Crippen LogP contribution in [0.3, 0.4) is 0 Å². The van der Waals surface area contributed by atoms with E-state index in [0.717, 1.165) is 23.9 Å². The number of aryl methyl sites for hydroxylation is 1. The molecule has 0 saturated carbocycles. The Balaban J connectivity index is 2.03. The number of hydrogen-bond acceptors (Lipinski definition) is 3. The Morgan fingerprint density at radius 1 is 1.44 bits per heavy atom. The molecule has 0 amide bonds. The van der Waals surface area contributed by atoms with Gasteiger partial charge in [0.1, 0.15) is 0 Å². The van der Waals surface area contributed by atoms with Crippen molar-refractivity contribution in [1.29, 1.82) is 0 Å². The summed E-state index contributed by atoms with van der Waals surface area (Å²) in [5.74, 6) is 0. The number of nitrogens with one attached hydrogen (secondary N) is 1. The number of hydrogen-bond donors (Lipinski definition) is 1. The number of aromatic nitrogens is 1. The first-order valence-corrected chi connectivity index (χ1v) is 7.83. The highest BCUT2D eigenvalue weighted by atomic mass is 79.9. The van der Waals surface area contributed by atoms with E-state index >= 15 is 0 Å². The van der Waals surface area contributed by atoms with Gasteiger partial charge in [-0.1, -0.05) is 13.0 Å². The summed E-state index contributed by atoms with van der Waals surface area (Å²) in [5, 5.41) is 5.67. The van der Waals surface area contributed by atoms with Crippen LogP contribution in [0.25, 0.3) is 0 Å². The standard InChI is InChI=1S/C14H17BrN2S/c1-2-17-14(6-5-13-4-3-7-18-13)11-8-12(15)10-16-9-11/h3-4,7-10,14,17H,2,5-6H2,1H3. The first kappa shape index (κ1) is 13.7. The van der Waals surface area contributed by atoms with Gasteiger partial charge in [-0.05, 0) is 58.4 Å². The van der Waals surface area contributed by atoms with Crippen molar-refractivity contribution in [2.75, 3.05) is 6.54 Å². The zero-order valence-corrected chi connectivity index (χ0v) is 12.8. The lowest BCUT2D eigenvalue weighted by molar-refractivity contribution is 0.515. The monoisotopic (exact) mass is 324 g/mol. The van der Waals surface area contributed by atoms with E-state index in [9.17, 15) is 0 Å². The van der Waals surface area contributed by atoms with E-state index in [1.54, 1.807) is 0 Å². The number of nitrogens with zero attached hydrogens (tertiary/aromatic N) is 1. The van der Waals surface area contributed by atoms with Gasteiger partial charge >= 0.3 is 0 Å². The Kier molecular flexibility index (Phi) is 5.35. The van der Waals surface area contributed by atoms with Gasteiger partial charge in [-0.2, -0.15) is 0 Å². The predicted octanol–water partition coefficient (Wildman–Crippen LogP) is 4.19. The lowest BCUT2D eigenvalue weighted by Crippen LogP contribution is -2.21. The fraction of sp³-hybridized carbons (Fsp3) is 0.357. The van der Waals surface area contributed by atoms with Gasteiger partial charge in [-0.3, -0.25) is 4.98 Å². The summed E-state index contributed by atoms with van der Waals surface area (Å²) < 4.78 is 1.04. The molecule has 18 heavy (non-hydrogen) atoms. The largest absolute Gasteiger partial charge is 0.310 e. The van der Waals surface area contributed by atoms with Crippen LogP contribution in [0.15, 0.2) is 40.4 Å².